The molecular weight excluding hydrogens is 333 g/mol. The summed E-state index contributed by atoms with van der Waals surface area (Å²) in [7, 11) is 1.56. The molecule has 0 saturated carbocycles. The lowest BCUT2D eigenvalue weighted by atomic mass is 10.3. The topological polar surface area (TPSA) is 70.3 Å². The average Bonchev–Trinajstić information content (AvgIpc) is 2.32. The Kier molecular flexibility index (Phi) is 3.62. The largest absolute Gasteiger partial charge is 0.493 e. The van der Waals surface area contributed by atoms with Crippen LogP contribution in [0.4, 0.5) is 5.69 Å². The minimum atomic E-state index is 0.259. The van der Waals surface area contributed by atoms with Gasteiger partial charge in [-0.05, 0) is 34.7 Å². The van der Waals surface area contributed by atoms with Crippen molar-refractivity contribution in [3.8, 4) is 17.5 Å². The Morgan fingerprint density at radius 2 is 1.88 bits per heavy atom. The molecule has 0 fully saturated rings. The maximum atomic E-state index is 5.68. The fourth-order valence-corrected chi connectivity index (χ4v) is 1.50. The molecule has 0 aliphatic rings. The maximum absolute atomic E-state index is 5.68. The second-order valence-corrected chi connectivity index (χ2v) is 4.44. The van der Waals surface area contributed by atoms with Gasteiger partial charge in [-0.15, -0.1) is 0 Å². The van der Waals surface area contributed by atoms with E-state index in [-0.39, 0.29) is 6.01 Å². The lowest BCUT2D eigenvalue weighted by molar-refractivity contribution is 0.368. The molecule has 0 bridgehead atoms. The standard InChI is InChI=1S/C11H10IN3O2/c1-16-9-3-2-8(13)4-10(9)17-11-14-5-7(12)6-15-11/h2-6H,13H2,1H3. The molecule has 0 spiro atoms. The minimum Gasteiger partial charge on any atom is -0.493 e. The Labute approximate surface area is 112 Å². The Hall–Kier alpha value is -1.57. The number of hydrogen-bond acceptors (Lipinski definition) is 5. The molecule has 0 atom stereocenters. The zero-order chi connectivity index (χ0) is 12.3. The van der Waals surface area contributed by atoms with E-state index in [1.165, 1.54) is 0 Å². The van der Waals surface area contributed by atoms with Crippen LogP contribution in [-0.2, 0) is 0 Å². The summed E-state index contributed by atoms with van der Waals surface area (Å²) in [5, 5.41) is 0. The molecule has 17 heavy (non-hydrogen) atoms. The number of nitrogen functional groups attached to an aromatic ring is 1. The van der Waals surface area contributed by atoms with E-state index in [0.29, 0.717) is 17.2 Å². The summed E-state index contributed by atoms with van der Waals surface area (Å²) in [6, 6.07) is 5.40. The van der Waals surface area contributed by atoms with E-state index in [1.54, 1.807) is 37.7 Å². The molecule has 0 aliphatic heterocycles. The van der Waals surface area contributed by atoms with Crippen LogP contribution < -0.4 is 15.2 Å². The minimum absolute atomic E-state index is 0.259. The van der Waals surface area contributed by atoms with Gasteiger partial charge in [-0.1, -0.05) is 0 Å². The lowest BCUT2D eigenvalue weighted by Crippen LogP contribution is -1.96. The van der Waals surface area contributed by atoms with Gasteiger partial charge in [0, 0.05) is 27.7 Å². The smallest absolute Gasteiger partial charge is 0.322 e. The summed E-state index contributed by atoms with van der Waals surface area (Å²) in [5.41, 5.74) is 6.27. The van der Waals surface area contributed by atoms with Gasteiger partial charge in [-0.25, -0.2) is 9.97 Å². The summed E-state index contributed by atoms with van der Waals surface area (Å²) in [6.45, 7) is 0. The molecule has 0 saturated heterocycles. The molecule has 1 aromatic heterocycles. The van der Waals surface area contributed by atoms with Crippen LogP contribution in [0.3, 0.4) is 0 Å². The number of aromatic nitrogens is 2. The first-order valence-corrected chi connectivity index (χ1v) is 5.86. The summed E-state index contributed by atoms with van der Waals surface area (Å²) < 4.78 is 11.6. The van der Waals surface area contributed by atoms with Crippen LogP contribution in [0.1, 0.15) is 0 Å². The van der Waals surface area contributed by atoms with Crippen LogP contribution >= 0.6 is 22.6 Å². The summed E-state index contributed by atoms with van der Waals surface area (Å²) >= 11 is 2.12. The van der Waals surface area contributed by atoms with Gasteiger partial charge in [0.1, 0.15) is 0 Å². The number of halogens is 1. The number of ether oxygens (including phenoxy) is 2. The molecule has 2 rings (SSSR count). The molecular formula is C11H10IN3O2. The molecule has 5 nitrogen and oxygen atoms in total. The maximum Gasteiger partial charge on any atom is 0.322 e. The van der Waals surface area contributed by atoms with Crippen molar-refractivity contribution < 1.29 is 9.47 Å². The highest BCUT2D eigenvalue weighted by Crippen LogP contribution is 2.31. The van der Waals surface area contributed by atoms with Crippen LogP contribution in [0.2, 0.25) is 0 Å². The predicted molar refractivity (Wildman–Crippen MR) is 72.2 cm³/mol. The van der Waals surface area contributed by atoms with Crippen LogP contribution in [0.15, 0.2) is 30.6 Å². The Morgan fingerprint density at radius 1 is 1.18 bits per heavy atom. The van der Waals surface area contributed by atoms with Crippen molar-refractivity contribution in [1.82, 2.24) is 9.97 Å². The number of rotatable bonds is 3. The number of methoxy groups -OCH3 is 1. The Morgan fingerprint density at radius 3 is 2.53 bits per heavy atom. The van der Waals surface area contributed by atoms with Crippen molar-refractivity contribution >= 4 is 28.3 Å². The lowest BCUT2D eigenvalue weighted by Gasteiger charge is -2.09. The van der Waals surface area contributed by atoms with Crippen molar-refractivity contribution in [3.05, 3.63) is 34.2 Å². The molecule has 0 amide bonds. The third kappa shape index (κ3) is 2.96. The molecule has 2 aromatic rings. The Balaban J connectivity index is 2.28. The number of anilines is 1. The highest BCUT2D eigenvalue weighted by molar-refractivity contribution is 14.1. The number of nitrogens with zero attached hydrogens (tertiary/aromatic N) is 2. The van der Waals surface area contributed by atoms with Crippen molar-refractivity contribution in [2.24, 2.45) is 0 Å². The quantitative estimate of drug-likeness (QED) is 0.685. The highest BCUT2D eigenvalue weighted by atomic mass is 127. The molecule has 1 heterocycles. The van der Waals surface area contributed by atoms with Gasteiger partial charge in [0.05, 0.1) is 7.11 Å². The van der Waals surface area contributed by atoms with E-state index in [9.17, 15) is 0 Å². The predicted octanol–water partition coefficient (Wildman–Crippen LogP) is 2.46. The Bertz CT molecular complexity index is 517. The molecule has 0 aliphatic carbocycles. The van der Waals surface area contributed by atoms with Gasteiger partial charge in [0.2, 0.25) is 0 Å². The summed E-state index contributed by atoms with van der Waals surface area (Å²) in [6.07, 6.45) is 3.34. The van der Waals surface area contributed by atoms with Gasteiger partial charge in [0.25, 0.3) is 0 Å². The third-order valence-electron chi connectivity index (χ3n) is 1.99. The number of nitrogens with two attached hydrogens (primary N) is 1. The first-order valence-electron chi connectivity index (χ1n) is 4.78. The van der Waals surface area contributed by atoms with E-state index >= 15 is 0 Å². The van der Waals surface area contributed by atoms with Crippen molar-refractivity contribution in [2.75, 3.05) is 12.8 Å². The van der Waals surface area contributed by atoms with Crippen LogP contribution in [0.5, 0.6) is 17.5 Å². The van der Waals surface area contributed by atoms with E-state index in [1.807, 2.05) is 0 Å². The van der Waals surface area contributed by atoms with Crippen molar-refractivity contribution in [3.63, 3.8) is 0 Å². The van der Waals surface area contributed by atoms with Crippen LogP contribution in [0, 0.1) is 3.57 Å². The van der Waals surface area contributed by atoms with E-state index in [4.69, 9.17) is 15.2 Å². The monoisotopic (exact) mass is 343 g/mol. The van der Waals surface area contributed by atoms with E-state index < -0.39 is 0 Å². The van der Waals surface area contributed by atoms with Gasteiger partial charge >= 0.3 is 6.01 Å². The molecule has 1 aromatic carbocycles. The normalized spacial score (nSPS) is 10.0. The molecule has 88 valence electrons. The van der Waals surface area contributed by atoms with Crippen molar-refractivity contribution in [2.45, 2.75) is 0 Å². The highest BCUT2D eigenvalue weighted by Gasteiger charge is 2.07. The molecule has 0 radical (unpaired) electrons. The molecule has 0 unspecified atom stereocenters. The first kappa shape index (κ1) is 11.9. The number of hydrogen-bond donors (Lipinski definition) is 1. The second-order valence-electron chi connectivity index (χ2n) is 3.20. The van der Waals surface area contributed by atoms with Gasteiger partial charge in [-0.2, -0.15) is 0 Å². The SMILES string of the molecule is COc1ccc(N)cc1Oc1ncc(I)cn1. The van der Waals surface area contributed by atoms with Gasteiger partial charge in [-0.3, -0.25) is 0 Å². The van der Waals surface area contributed by atoms with E-state index in [2.05, 4.69) is 32.6 Å². The summed E-state index contributed by atoms with van der Waals surface area (Å²) in [5.74, 6) is 1.08. The zero-order valence-corrected chi connectivity index (χ0v) is 11.2. The summed E-state index contributed by atoms with van der Waals surface area (Å²) in [4.78, 5) is 8.08. The molecule has 6 heteroatoms. The average molecular weight is 343 g/mol. The molecule has 2 N–H and O–H groups in total. The fraction of sp³-hybridized carbons (Fsp3) is 0.0909. The number of benzene rings is 1. The second kappa shape index (κ2) is 5.17. The first-order chi connectivity index (χ1) is 8.19. The van der Waals surface area contributed by atoms with Gasteiger partial charge < -0.3 is 15.2 Å². The van der Waals surface area contributed by atoms with Gasteiger partial charge in [0.15, 0.2) is 11.5 Å². The van der Waals surface area contributed by atoms with Crippen molar-refractivity contribution in [1.29, 1.82) is 0 Å². The zero-order valence-electron chi connectivity index (χ0n) is 9.05. The fourth-order valence-electron chi connectivity index (χ4n) is 1.22. The third-order valence-corrected chi connectivity index (χ3v) is 2.54. The van der Waals surface area contributed by atoms with Crippen LogP contribution in [0.25, 0.3) is 0 Å². The van der Waals surface area contributed by atoms with Crippen LogP contribution in [-0.4, -0.2) is 17.1 Å². The van der Waals surface area contributed by atoms with E-state index in [0.717, 1.165) is 3.57 Å².